The molecule has 1 saturated carbocycles. The van der Waals surface area contributed by atoms with Gasteiger partial charge in [0.25, 0.3) is 0 Å². The molecule has 0 aliphatic heterocycles. The molecule has 3 N–H and O–H groups in total. The van der Waals surface area contributed by atoms with E-state index in [1.165, 1.54) is 12.1 Å². The average Bonchev–Trinajstić information content (AvgIpc) is 2.89. The molecule has 1 heterocycles. The number of anilines is 3. The van der Waals surface area contributed by atoms with Crippen LogP contribution in [0.15, 0.2) is 42.5 Å². The van der Waals surface area contributed by atoms with Crippen molar-refractivity contribution >= 4 is 29.2 Å². The molecule has 4 rings (SSSR count). The summed E-state index contributed by atoms with van der Waals surface area (Å²) in [4.78, 5) is 27.0. The first kappa shape index (κ1) is 27.9. The van der Waals surface area contributed by atoms with E-state index in [-0.39, 0.29) is 40.2 Å². The predicted molar refractivity (Wildman–Crippen MR) is 147 cm³/mol. The lowest BCUT2D eigenvalue weighted by Gasteiger charge is -2.38. The number of nitrogens with zero attached hydrogens (tertiary/aromatic N) is 3. The van der Waals surface area contributed by atoms with Crippen molar-refractivity contribution < 1.29 is 23.5 Å². The van der Waals surface area contributed by atoms with Crippen LogP contribution in [-0.2, 0) is 0 Å². The van der Waals surface area contributed by atoms with E-state index < -0.39 is 23.6 Å². The second kappa shape index (κ2) is 12.2. The number of halogens is 2. The van der Waals surface area contributed by atoms with Crippen LogP contribution in [0.1, 0.15) is 62.0 Å². The quantitative estimate of drug-likeness (QED) is 0.290. The van der Waals surface area contributed by atoms with Gasteiger partial charge >= 0.3 is 12.0 Å². The van der Waals surface area contributed by atoms with Gasteiger partial charge in [-0.25, -0.2) is 18.4 Å². The predicted octanol–water partition coefficient (Wildman–Crippen LogP) is 6.87. The van der Waals surface area contributed by atoms with Crippen LogP contribution in [0.4, 0.5) is 30.8 Å². The van der Waals surface area contributed by atoms with Gasteiger partial charge in [0.1, 0.15) is 11.6 Å². The molecular weight excluding hydrogens is 504 g/mol. The minimum atomic E-state index is -1.32. The van der Waals surface area contributed by atoms with Crippen molar-refractivity contribution in [3.05, 3.63) is 65.4 Å². The van der Waals surface area contributed by atoms with Gasteiger partial charge in [-0.15, -0.1) is 5.10 Å². The number of carbonyl (C=O) groups excluding carboxylic acids is 1. The fraction of sp³-hybridized carbons (Fsp3) is 0.379. The molecule has 0 spiro atoms. The SMILES string of the molecule is Cc1ccc(NC(=O)Nc2cc(-c3cc(F)ccc3C(=O)O)c(F)cc2N(CC(C)C)C2CCCCC2)nn1. The van der Waals surface area contributed by atoms with Gasteiger partial charge in [0.15, 0.2) is 5.82 Å². The Morgan fingerprint density at radius 3 is 2.38 bits per heavy atom. The zero-order valence-corrected chi connectivity index (χ0v) is 22.3. The van der Waals surface area contributed by atoms with E-state index in [2.05, 4.69) is 39.6 Å². The fourth-order valence-electron chi connectivity index (χ4n) is 5.00. The fourth-order valence-corrected chi connectivity index (χ4v) is 5.00. The van der Waals surface area contributed by atoms with Gasteiger partial charge in [-0.1, -0.05) is 33.1 Å². The molecule has 39 heavy (non-hydrogen) atoms. The van der Waals surface area contributed by atoms with Crippen LogP contribution in [0.2, 0.25) is 0 Å². The standard InChI is InChI=1S/C29H33F2N5O3/c1-17(2)16-36(20-7-5-4-6-8-20)26-15-24(31)23(22-13-19(30)10-11-21(22)28(37)38)14-25(26)32-29(39)33-27-12-9-18(3)34-35-27/h9-15,17,20H,4-8,16H2,1-3H3,(H,37,38)(H2,32,33,35,39). The average molecular weight is 538 g/mol. The molecule has 1 aliphatic carbocycles. The zero-order chi connectivity index (χ0) is 28.1. The Morgan fingerprint density at radius 2 is 1.74 bits per heavy atom. The van der Waals surface area contributed by atoms with Gasteiger partial charge < -0.3 is 15.3 Å². The van der Waals surface area contributed by atoms with E-state index in [1.807, 2.05) is 0 Å². The maximum absolute atomic E-state index is 15.8. The third-order valence-corrected chi connectivity index (χ3v) is 6.76. The highest BCUT2D eigenvalue weighted by Crippen LogP contribution is 2.39. The number of aromatic carboxylic acids is 1. The lowest BCUT2D eigenvalue weighted by Crippen LogP contribution is -2.40. The van der Waals surface area contributed by atoms with Gasteiger partial charge in [-0.3, -0.25) is 5.32 Å². The largest absolute Gasteiger partial charge is 0.478 e. The van der Waals surface area contributed by atoms with E-state index in [0.717, 1.165) is 50.3 Å². The second-order valence-electron chi connectivity index (χ2n) is 10.3. The van der Waals surface area contributed by atoms with E-state index in [9.17, 15) is 19.1 Å². The van der Waals surface area contributed by atoms with E-state index in [4.69, 9.17) is 0 Å². The van der Waals surface area contributed by atoms with Gasteiger partial charge in [0, 0.05) is 23.7 Å². The van der Waals surface area contributed by atoms with E-state index in [1.54, 1.807) is 19.1 Å². The third kappa shape index (κ3) is 6.87. The number of carbonyl (C=O) groups is 2. The number of hydrogen-bond donors (Lipinski definition) is 3. The minimum Gasteiger partial charge on any atom is -0.478 e. The van der Waals surface area contributed by atoms with Crippen LogP contribution < -0.4 is 15.5 Å². The summed E-state index contributed by atoms with van der Waals surface area (Å²) in [5.41, 5.74) is 0.944. The smallest absolute Gasteiger partial charge is 0.336 e. The monoisotopic (exact) mass is 537 g/mol. The van der Waals surface area contributed by atoms with Gasteiger partial charge in [-0.2, -0.15) is 5.10 Å². The molecule has 3 aromatic rings. The van der Waals surface area contributed by atoms with Gasteiger partial charge in [0.05, 0.1) is 22.6 Å². The normalized spacial score (nSPS) is 13.8. The van der Waals surface area contributed by atoms with E-state index >= 15 is 4.39 Å². The summed E-state index contributed by atoms with van der Waals surface area (Å²) in [5, 5.41) is 23.0. The van der Waals surface area contributed by atoms with Crippen LogP contribution in [0.5, 0.6) is 0 Å². The molecular formula is C29H33F2N5O3. The summed E-state index contributed by atoms with van der Waals surface area (Å²) in [6, 6.07) is 8.63. The first-order valence-corrected chi connectivity index (χ1v) is 13.1. The minimum absolute atomic E-state index is 0.118. The van der Waals surface area contributed by atoms with Crippen molar-refractivity contribution in [2.75, 3.05) is 22.1 Å². The number of carboxylic acid groups (broad SMARTS) is 1. The first-order valence-electron chi connectivity index (χ1n) is 13.1. The zero-order valence-electron chi connectivity index (χ0n) is 22.3. The number of benzene rings is 2. The maximum Gasteiger partial charge on any atom is 0.336 e. The van der Waals surface area contributed by atoms with Crippen LogP contribution in [-0.4, -0.2) is 39.9 Å². The summed E-state index contributed by atoms with van der Waals surface area (Å²) < 4.78 is 30.0. The number of nitrogens with one attached hydrogen (secondary N) is 2. The Kier molecular flexibility index (Phi) is 8.73. The molecule has 10 heteroatoms. The summed E-state index contributed by atoms with van der Waals surface area (Å²) >= 11 is 0. The second-order valence-corrected chi connectivity index (χ2v) is 10.3. The number of aromatic nitrogens is 2. The molecule has 0 radical (unpaired) electrons. The molecule has 0 saturated heterocycles. The number of aryl methyl sites for hydroxylation is 1. The van der Waals surface area contributed by atoms with Crippen molar-refractivity contribution in [3.8, 4) is 11.1 Å². The number of rotatable bonds is 8. The lowest BCUT2D eigenvalue weighted by molar-refractivity contribution is 0.0697. The summed E-state index contributed by atoms with van der Waals surface area (Å²) in [6.45, 7) is 6.55. The Balaban J connectivity index is 1.81. The van der Waals surface area contributed by atoms with Crippen molar-refractivity contribution in [1.82, 2.24) is 10.2 Å². The molecule has 1 aromatic heterocycles. The molecule has 0 unspecified atom stereocenters. The molecule has 8 nitrogen and oxygen atoms in total. The molecule has 0 bridgehead atoms. The maximum atomic E-state index is 15.8. The van der Waals surface area contributed by atoms with Crippen molar-refractivity contribution in [3.63, 3.8) is 0 Å². The number of carboxylic acids is 1. The highest BCUT2D eigenvalue weighted by molar-refractivity contribution is 6.03. The Labute approximate surface area is 226 Å². The highest BCUT2D eigenvalue weighted by Gasteiger charge is 2.27. The molecule has 2 aromatic carbocycles. The number of hydrogen-bond acceptors (Lipinski definition) is 5. The van der Waals surface area contributed by atoms with Crippen molar-refractivity contribution in [2.45, 2.75) is 58.9 Å². The first-order chi connectivity index (χ1) is 18.6. The summed E-state index contributed by atoms with van der Waals surface area (Å²) in [7, 11) is 0. The third-order valence-electron chi connectivity index (χ3n) is 6.76. The van der Waals surface area contributed by atoms with Crippen LogP contribution >= 0.6 is 0 Å². The Bertz CT molecular complexity index is 1340. The Hall–Kier alpha value is -4.08. The topological polar surface area (TPSA) is 107 Å². The molecule has 2 amide bonds. The summed E-state index contributed by atoms with van der Waals surface area (Å²) in [6.07, 6.45) is 5.13. The van der Waals surface area contributed by atoms with Crippen LogP contribution in [0.3, 0.4) is 0 Å². The Morgan fingerprint density at radius 1 is 1.00 bits per heavy atom. The molecule has 1 fully saturated rings. The van der Waals surface area contributed by atoms with Crippen molar-refractivity contribution in [1.29, 1.82) is 0 Å². The van der Waals surface area contributed by atoms with Crippen molar-refractivity contribution in [2.24, 2.45) is 5.92 Å². The molecule has 206 valence electrons. The number of urea groups is 1. The summed E-state index contributed by atoms with van der Waals surface area (Å²) in [5.74, 6) is -2.25. The highest BCUT2D eigenvalue weighted by atomic mass is 19.1. The van der Waals surface area contributed by atoms with Crippen LogP contribution in [0, 0.1) is 24.5 Å². The lowest BCUT2D eigenvalue weighted by atomic mass is 9.92. The van der Waals surface area contributed by atoms with Gasteiger partial charge in [-0.05, 0) is 68.1 Å². The number of amides is 2. The van der Waals surface area contributed by atoms with E-state index in [0.29, 0.717) is 17.9 Å². The molecule has 0 atom stereocenters. The molecule has 1 aliphatic rings. The van der Waals surface area contributed by atoms with Gasteiger partial charge in [0.2, 0.25) is 0 Å². The van der Waals surface area contributed by atoms with Crippen LogP contribution in [0.25, 0.3) is 11.1 Å².